The molecule has 0 radical (unpaired) electrons. The van der Waals surface area contributed by atoms with E-state index < -0.39 is 17.7 Å². The minimum absolute atomic E-state index is 0.0991. The van der Waals surface area contributed by atoms with Crippen LogP contribution in [0.3, 0.4) is 0 Å². The van der Waals surface area contributed by atoms with Gasteiger partial charge >= 0.3 is 6.09 Å². The molecule has 1 atom stereocenters. The van der Waals surface area contributed by atoms with Gasteiger partial charge in [-0.3, -0.25) is 9.69 Å². The van der Waals surface area contributed by atoms with E-state index in [0.29, 0.717) is 25.8 Å². The van der Waals surface area contributed by atoms with Gasteiger partial charge in [-0.2, -0.15) is 0 Å². The number of carbonyl (C=O) groups is 2. The second kappa shape index (κ2) is 5.34. The average molecular weight is 239 g/mol. The quantitative estimate of drug-likeness (QED) is 0.696. The molecule has 4 heteroatoms. The standard InChI is InChI=1S/C13H21NO3/c1-5-7-10-11(15)8-6-9-14(10)12(16)17-13(2,3)4/h5,10H,1,6-9H2,2-4H3/t10-/m0/s1. The first kappa shape index (κ1) is 13.7. The zero-order valence-electron chi connectivity index (χ0n) is 10.9. The maximum Gasteiger partial charge on any atom is 0.410 e. The van der Waals surface area contributed by atoms with Gasteiger partial charge in [0.25, 0.3) is 0 Å². The van der Waals surface area contributed by atoms with Crippen LogP contribution in [0.1, 0.15) is 40.0 Å². The molecule has 1 aliphatic rings. The van der Waals surface area contributed by atoms with Crippen molar-refractivity contribution in [2.45, 2.75) is 51.7 Å². The topological polar surface area (TPSA) is 46.6 Å². The normalized spacial score (nSPS) is 21.2. The largest absolute Gasteiger partial charge is 0.444 e. The lowest BCUT2D eigenvalue weighted by atomic mass is 9.98. The Bertz CT molecular complexity index is 317. The molecule has 0 aliphatic carbocycles. The number of rotatable bonds is 2. The molecule has 0 N–H and O–H groups in total. The van der Waals surface area contributed by atoms with E-state index in [2.05, 4.69) is 6.58 Å². The number of ether oxygens (including phenoxy) is 1. The summed E-state index contributed by atoms with van der Waals surface area (Å²) in [5.74, 6) is 0.0991. The summed E-state index contributed by atoms with van der Waals surface area (Å²) in [4.78, 5) is 25.3. The van der Waals surface area contributed by atoms with Gasteiger partial charge in [-0.15, -0.1) is 6.58 Å². The minimum atomic E-state index is -0.531. The zero-order valence-corrected chi connectivity index (χ0v) is 10.9. The van der Waals surface area contributed by atoms with E-state index in [1.54, 1.807) is 6.08 Å². The highest BCUT2D eigenvalue weighted by atomic mass is 16.6. The number of carbonyl (C=O) groups excluding carboxylic acids is 2. The Kier molecular flexibility index (Phi) is 4.32. The Balaban J connectivity index is 2.74. The molecule has 0 spiro atoms. The van der Waals surface area contributed by atoms with E-state index in [-0.39, 0.29) is 5.78 Å². The number of likely N-dealkylation sites (tertiary alicyclic amines) is 1. The van der Waals surface area contributed by atoms with E-state index in [4.69, 9.17) is 4.74 Å². The van der Waals surface area contributed by atoms with Crippen molar-refractivity contribution in [3.8, 4) is 0 Å². The molecular formula is C13H21NO3. The number of Topliss-reactive ketones (excluding diaryl/α,β-unsaturated/α-hetero) is 1. The lowest BCUT2D eigenvalue weighted by molar-refractivity contribution is -0.126. The first-order valence-corrected chi connectivity index (χ1v) is 5.98. The van der Waals surface area contributed by atoms with Crippen LogP contribution in [-0.2, 0) is 9.53 Å². The highest BCUT2D eigenvalue weighted by molar-refractivity contribution is 5.88. The van der Waals surface area contributed by atoms with Gasteiger partial charge in [-0.05, 0) is 33.6 Å². The van der Waals surface area contributed by atoms with Crippen molar-refractivity contribution in [3.05, 3.63) is 12.7 Å². The Hall–Kier alpha value is -1.32. The summed E-state index contributed by atoms with van der Waals surface area (Å²) in [6.45, 7) is 9.66. The summed E-state index contributed by atoms with van der Waals surface area (Å²) in [5, 5.41) is 0. The SMILES string of the molecule is C=CC[C@H]1C(=O)CCCN1C(=O)OC(C)(C)C. The molecule has 0 bridgehead atoms. The molecule has 4 nitrogen and oxygen atoms in total. The number of nitrogens with zero attached hydrogens (tertiary/aromatic N) is 1. The molecule has 1 rings (SSSR count). The molecular weight excluding hydrogens is 218 g/mol. The third-order valence-electron chi connectivity index (χ3n) is 2.59. The van der Waals surface area contributed by atoms with Crippen LogP contribution in [0.5, 0.6) is 0 Å². The van der Waals surface area contributed by atoms with Gasteiger partial charge < -0.3 is 4.74 Å². The number of ketones is 1. The molecule has 1 aliphatic heterocycles. The van der Waals surface area contributed by atoms with Crippen molar-refractivity contribution in [2.24, 2.45) is 0 Å². The van der Waals surface area contributed by atoms with Crippen LogP contribution in [0.25, 0.3) is 0 Å². The van der Waals surface area contributed by atoms with E-state index in [1.165, 1.54) is 4.90 Å². The van der Waals surface area contributed by atoms with Crippen LogP contribution in [0.2, 0.25) is 0 Å². The van der Waals surface area contributed by atoms with Crippen LogP contribution in [-0.4, -0.2) is 35.0 Å². The third-order valence-corrected chi connectivity index (χ3v) is 2.59. The Morgan fingerprint density at radius 3 is 2.76 bits per heavy atom. The average Bonchev–Trinajstić information content (AvgIpc) is 2.18. The van der Waals surface area contributed by atoms with Gasteiger partial charge in [0.15, 0.2) is 5.78 Å². The van der Waals surface area contributed by atoms with Gasteiger partial charge in [-0.1, -0.05) is 6.08 Å². The number of amides is 1. The lowest BCUT2D eigenvalue weighted by Crippen LogP contribution is -2.50. The van der Waals surface area contributed by atoms with E-state index in [0.717, 1.165) is 0 Å². The van der Waals surface area contributed by atoms with Crippen molar-refractivity contribution in [1.29, 1.82) is 0 Å². The smallest absolute Gasteiger partial charge is 0.410 e. The van der Waals surface area contributed by atoms with Gasteiger partial charge in [0, 0.05) is 13.0 Å². The second-order valence-electron chi connectivity index (χ2n) is 5.28. The lowest BCUT2D eigenvalue weighted by Gasteiger charge is -2.35. The number of hydrogen-bond acceptors (Lipinski definition) is 3. The second-order valence-corrected chi connectivity index (χ2v) is 5.28. The molecule has 17 heavy (non-hydrogen) atoms. The monoisotopic (exact) mass is 239 g/mol. The molecule has 0 aromatic heterocycles. The van der Waals surface area contributed by atoms with Crippen molar-refractivity contribution in [1.82, 2.24) is 4.90 Å². The molecule has 1 saturated heterocycles. The molecule has 0 aromatic rings. The van der Waals surface area contributed by atoms with Gasteiger partial charge in [0.05, 0.1) is 6.04 Å². The fourth-order valence-corrected chi connectivity index (χ4v) is 1.88. The summed E-state index contributed by atoms with van der Waals surface area (Å²) in [6.07, 6.45) is 3.02. The maximum atomic E-state index is 12.0. The molecule has 0 saturated carbocycles. The Morgan fingerprint density at radius 1 is 1.59 bits per heavy atom. The van der Waals surface area contributed by atoms with Crippen molar-refractivity contribution >= 4 is 11.9 Å². The van der Waals surface area contributed by atoms with Gasteiger partial charge in [0.2, 0.25) is 0 Å². The summed E-state index contributed by atoms with van der Waals surface area (Å²) in [6, 6.07) is -0.393. The molecule has 0 aromatic carbocycles. The number of piperidine rings is 1. The van der Waals surface area contributed by atoms with Crippen molar-refractivity contribution in [2.75, 3.05) is 6.54 Å². The molecule has 0 unspecified atom stereocenters. The zero-order chi connectivity index (χ0) is 13.1. The fourth-order valence-electron chi connectivity index (χ4n) is 1.88. The van der Waals surface area contributed by atoms with Crippen LogP contribution >= 0.6 is 0 Å². The van der Waals surface area contributed by atoms with Crippen molar-refractivity contribution in [3.63, 3.8) is 0 Å². The molecule has 1 heterocycles. The van der Waals surface area contributed by atoms with E-state index in [9.17, 15) is 9.59 Å². The first-order chi connectivity index (χ1) is 7.85. The van der Waals surface area contributed by atoms with Gasteiger partial charge in [0.1, 0.15) is 5.60 Å². The van der Waals surface area contributed by atoms with E-state index >= 15 is 0 Å². The Labute approximate surface area is 103 Å². The first-order valence-electron chi connectivity index (χ1n) is 5.98. The highest BCUT2D eigenvalue weighted by Gasteiger charge is 2.34. The maximum absolute atomic E-state index is 12.0. The van der Waals surface area contributed by atoms with Crippen LogP contribution in [0, 0.1) is 0 Å². The molecule has 1 fully saturated rings. The Morgan fingerprint density at radius 2 is 2.24 bits per heavy atom. The van der Waals surface area contributed by atoms with Gasteiger partial charge in [-0.25, -0.2) is 4.79 Å². The van der Waals surface area contributed by atoms with Crippen LogP contribution in [0.15, 0.2) is 12.7 Å². The summed E-state index contributed by atoms with van der Waals surface area (Å²) < 4.78 is 5.30. The molecule has 96 valence electrons. The number of hydrogen-bond donors (Lipinski definition) is 0. The van der Waals surface area contributed by atoms with Crippen molar-refractivity contribution < 1.29 is 14.3 Å². The predicted octanol–water partition coefficient (Wildman–Crippen LogP) is 2.53. The summed E-state index contributed by atoms with van der Waals surface area (Å²) >= 11 is 0. The van der Waals surface area contributed by atoms with Crippen LogP contribution in [0.4, 0.5) is 4.79 Å². The fraction of sp³-hybridized carbons (Fsp3) is 0.692. The highest BCUT2D eigenvalue weighted by Crippen LogP contribution is 2.20. The summed E-state index contributed by atoms with van der Waals surface area (Å²) in [7, 11) is 0. The summed E-state index contributed by atoms with van der Waals surface area (Å²) in [5.41, 5.74) is -0.531. The third kappa shape index (κ3) is 3.88. The molecule has 1 amide bonds. The minimum Gasteiger partial charge on any atom is -0.444 e. The predicted molar refractivity (Wildman–Crippen MR) is 65.8 cm³/mol. The van der Waals surface area contributed by atoms with Crippen LogP contribution < -0.4 is 0 Å². The van der Waals surface area contributed by atoms with E-state index in [1.807, 2.05) is 20.8 Å².